The Hall–Kier alpha value is -0.300. The maximum Gasteiger partial charge on any atom is 0.0186 e. The van der Waals surface area contributed by atoms with Gasteiger partial charge in [-0.15, -0.1) is 0 Å². The Balaban J connectivity index is 2.14. The van der Waals surface area contributed by atoms with Gasteiger partial charge in [0.25, 0.3) is 0 Å². The normalized spacial score (nSPS) is 12.6. The molecule has 0 aliphatic rings. The third-order valence-electron chi connectivity index (χ3n) is 3.57. The summed E-state index contributed by atoms with van der Waals surface area (Å²) < 4.78 is 0. The molecule has 0 fully saturated rings. The zero-order chi connectivity index (χ0) is 13.2. The molecule has 0 aliphatic heterocycles. The predicted molar refractivity (Wildman–Crippen MR) is 85.6 cm³/mol. The van der Waals surface area contributed by atoms with E-state index in [0.717, 1.165) is 0 Å². The van der Waals surface area contributed by atoms with Crippen LogP contribution in [0.2, 0.25) is 0 Å². The molecule has 0 saturated carbocycles. The van der Waals surface area contributed by atoms with Gasteiger partial charge in [-0.1, -0.05) is 85.6 Å². The third-order valence-corrected chi connectivity index (χ3v) is 4.36. The van der Waals surface area contributed by atoms with E-state index >= 15 is 0 Å². The van der Waals surface area contributed by atoms with Gasteiger partial charge < -0.3 is 0 Å². The SMILES string of the molecule is CCCCCCCCC(Br)Cc1ccccc1C. The van der Waals surface area contributed by atoms with Crippen LogP contribution >= 0.6 is 15.9 Å². The van der Waals surface area contributed by atoms with Crippen LogP contribution in [0.5, 0.6) is 0 Å². The summed E-state index contributed by atoms with van der Waals surface area (Å²) in [5, 5.41) is 0. The maximum atomic E-state index is 3.83. The van der Waals surface area contributed by atoms with E-state index in [4.69, 9.17) is 0 Å². The van der Waals surface area contributed by atoms with Crippen LogP contribution in [0.25, 0.3) is 0 Å². The second-order valence-electron chi connectivity index (χ2n) is 5.28. The lowest BCUT2D eigenvalue weighted by molar-refractivity contribution is 0.582. The Labute approximate surface area is 121 Å². The van der Waals surface area contributed by atoms with Crippen molar-refractivity contribution in [2.75, 3.05) is 0 Å². The highest BCUT2D eigenvalue weighted by Crippen LogP contribution is 2.19. The van der Waals surface area contributed by atoms with Crippen molar-refractivity contribution in [3.8, 4) is 0 Å². The topological polar surface area (TPSA) is 0 Å². The minimum absolute atomic E-state index is 0.643. The van der Waals surface area contributed by atoms with Gasteiger partial charge in [0.2, 0.25) is 0 Å². The Morgan fingerprint density at radius 1 is 1.00 bits per heavy atom. The molecule has 0 radical (unpaired) electrons. The molecule has 0 spiro atoms. The standard InChI is InChI=1S/C17H27Br/c1-3-4-5-6-7-8-13-17(18)14-16-12-10-9-11-15(16)2/h9-12,17H,3-8,13-14H2,1-2H3. The lowest BCUT2D eigenvalue weighted by atomic mass is 10.0. The Morgan fingerprint density at radius 2 is 1.67 bits per heavy atom. The van der Waals surface area contributed by atoms with Gasteiger partial charge in [0, 0.05) is 4.83 Å². The van der Waals surface area contributed by atoms with E-state index in [1.807, 2.05) is 0 Å². The first-order valence-corrected chi connectivity index (χ1v) is 8.34. The van der Waals surface area contributed by atoms with Gasteiger partial charge in [-0.3, -0.25) is 0 Å². The van der Waals surface area contributed by atoms with Crippen molar-refractivity contribution >= 4 is 15.9 Å². The van der Waals surface area contributed by atoms with Gasteiger partial charge in [-0.25, -0.2) is 0 Å². The third kappa shape index (κ3) is 6.58. The lowest BCUT2D eigenvalue weighted by Crippen LogP contribution is -2.04. The molecular formula is C17H27Br. The summed E-state index contributed by atoms with van der Waals surface area (Å²) in [5.74, 6) is 0. The fraction of sp³-hybridized carbons (Fsp3) is 0.647. The van der Waals surface area contributed by atoms with Gasteiger partial charge in [0.1, 0.15) is 0 Å². The largest absolute Gasteiger partial charge is 0.0887 e. The first kappa shape index (κ1) is 15.8. The number of rotatable bonds is 9. The van der Waals surface area contributed by atoms with Crippen LogP contribution in [0.3, 0.4) is 0 Å². The average molecular weight is 311 g/mol. The van der Waals surface area contributed by atoms with Crippen LogP contribution in [0.15, 0.2) is 24.3 Å². The highest BCUT2D eigenvalue weighted by molar-refractivity contribution is 9.09. The zero-order valence-corrected chi connectivity index (χ0v) is 13.5. The second-order valence-corrected chi connectivity index (χ2v) is 6.58. The number of unbranched alkanes of at least 4 members (excludes halogenated alkanes) is 5. The molecule has 1 unspecified atom stereocenters. The molecule has 1 aromatic carbocycles. The molecule has 0 aromatic heterocycles. The van der Waals surface area contributed by atoms with Crippen molar-refractivity contribution in [1.82, 2.24) is 0 Å². The molecule has 1 heteroatoms. The molecule has 0 nitrogen and oxygen atoms in total. The van der Waals surface area contributed by atoms with E-state index in [-0.39, 0.29) is 0 Å². The zero-order valence-electron chi connectivity index (χ0n) is 11.9. The maximum absolute atomic E-state index is 3.83. The van der Waals surface area contributed by atoms with E-state index in [2.05, 4.69) is 54.0 Å². The average Bonchev–Trinajstić information content (AvgIpc) is 2.36. The summed E-state index contributed by atoms with van der Waals surface area (Å²) in [7, 11) is 0. The number of hydrogen-bond acceptors (Lipinski definition) is 0. The second kappa shape index (κ2) is 9.61. The van der Waals surface area contributed by atoms with Crippen molar-refractivity contribution in [1.29, 1.82) is 0 Å². The van der Waals surface area contributed by atoms with Crippen LogP contribution in [-0.2, 0) is 6.42 Å². The summed E-state index contributed by atoms with van der Waals surface area (Å²) in [6.45, 7) is 4.48. The van der Waals surface area contributed by atoms with Crippen LogP contribution < -0.4 is 0 Å². The monoisotopic (exact) mass is 310 g/mol. The quantitative estimate of drug-likeness (QED) is 0.384. The van der Waals surface area contributed by atoms with E-state index in [1.54, 1.807) is 0 Å². The molecule has 0 amide bonds. The summed E-state index contributed by atoms with van der Waals surface area (Å²) in [6, 6.07) is 8.73. The van der Waals surface area contributed by atoms with Gasteiger partial charge in [0.05, 0.1) is 0 Å². The van der Waals surface area contributed by atoms with Gasteiger partial charge in [-0.05, 0) is 30.9 Å². The first-order valence-electron chi connectivity index (χ1n) is 7.42. The van der Waals surface area contributed by atoms with Crippen molar-refractivity contribution < 1.29 is 0 Å². The van der Waals surface area contributed by atoms with E-state index in [0.29, 0.717) is 4.83 Å². The van der Waals surface area contributed by atoms with Gasteiger partial charge in [0.15, 0.2) is 0 Å². The molecule has 18 heavy (non-hydrogen) atoms. The minimum atomic E-state index is 0.643. The van der Waals surface area contributed by atoms with Crippen LogP contribution in [0, 0.1) is 6.92 Å². The molecule has 1 atom stereocenters. The molecule has 102 valence electrons. The summed E-state index contributed by atoms with van der Waals surface area (Å²) in [6.07, 6.45) is 10.8. The van der Waals surface area contributed by atoms with Crippen molar-refractivity contribution in [2.45, 2.75) is 70.0 Å². The van der Waals surface area contributed by atoms with E-state index in [9.17, 15) is 0 Å². The number of aryl methyl sites for hydroxylation is 1. The highest BCUT2D eigenvalue weighted by Gasteiger charge is 2.06. The van der Waals surface area contributed by atoms with E-state index < -0.39 is 0 Å². The summed E-state index contributed by atoms with van der Waals surface area (Å²) >= 11 is 3.83. The Bertz CT molecular complexity index is 319. The Kier molecular flexibility index (Phi) is 8.41. The van der Waals surface area contributed by atoms with E-state index in [1.165, 1.54) is 62.5 Å². The molecule has 1 rings (SSSR count). The van der Waals surface area contributed by atoms with Gasteiger partial charge >= 0.3 is 0 Å². The van der Waals surface area contributed by atoms with Crippen LogP contribution in [0.1, 0.15) is 63.0 Å². The highest BCUT2D eigenvalue weighted by atomic mass is 79.9. The van der Waals surface area contributed by atoms with Gasteiger partial charge in [-0.2, -0.15) is 0 Å². The molecule has 0 heterocycles. The fourth-order valence-electron chi connectivity index (χ4n) is 2.33. The lowest BCUT2D eigenvalue weighted by Gasteiger charge is -2.11. The number of alkyl halides is 1. The molecule has 0 saturated heterocycles. The summed E-state index contributed by atoms with van der Waals surface area (Å²) in [4.78, 5) is 0.643. The van der Waals surface area contributed by atoms with Crippen molar-refractivity contribution in [3.63, 3.8) is 0 Å². The molecular weight excluding hydrogens is 284 g/mol. The molecule has 1 aromatic rings. The number of halogens is 1. The number of benzene rings is 1. The smallest absolute Gasteiger partial charge is 0.0186 e. The predicted octanol–water partition coefficient (Wildman–Crippen LogP) is 6.05. The Morgan fingerprint density at radius 3 is 2.39 bits per heavy atom. The molecule has 0 N–H and O–H groups in total. The van der Waals surface area contributed by atoms with Crippen LogP contribution in [-0.4, -0.2) is 4.83 Å². The van der Waals surface area contributed by atoms with Crippen molar-refractivity contribution in [3.05, 3.63) is 35.4 Å². The van der Waals surface area contributed by atoms with Crippen LogP contribution in [0.4, 0.5) is 0 Å². The molecule has 0 aliphatic carbocycles. The number of hydrogen-bond donors (Lipinski definition) is 0. The van der Waals surface area contributed by atoms with Crippen molar-refractivity contribution in [2.24, 2.45) is 0 Å². The first-order chi connectivity index (χ1) is 8.74. The summed E-state index contributed by atoms with van der Waals surface area (Å²) in [5.41, 5.74) is 2.91. The fourth-order valence-corrected chi connectivity index (χ4v) is 3.00. The minimum Gasteiger partial charge on any atom is -0.0887 e. The molecule has 0 bridgehead atoms.